The van der Waals surface area contributed by atoms with Crippen molar-refractivity contribution in [3.8, 4) is 0 Å². The third-order valence-corrected chi connectivity index (χ3v) is 3.88. The first-order valence-corrected chi connectivity index (χ1v) is 7.19. The van der Waals surface area contributed by atoms with Crippen molar-refractivity contribution in [3.05, 3.63) is 35.6 Å². The van der Waals surface area contributed by atoms with Crippen LogP contribution in [0.2, 0.25) is 0 Å². The van der Waals surface area contributed by atoms with Gasteiger partial charge in [0.25, 0.3) is 0 Å². The Morgan fingerprint density at radius 2 is 2.11 bits per heavy atom. The van der Waals surface area contributed by atoms with Crippen molar-refractivity contribution in [1.29, 1.82) is 0 Å². The zero-order valence-electron chi connectivity index (χ0n) is 11.8. The second-order valence-corrected chi connectivity index (χ2v) is 5.49. The molecule has 0 radical (unpaired) electrons. The summed E-state index contributed by atoms with van der Waals surface area (Å²) in [6.45, 7) is 5.04. The molecular formula is C16H22N2O. The van der Waals surface area contributed by atoms with Crippen LogP contribution in [0.4, 0.5) is 0 Å². The number of hydrogen-bond donors (Lipinski definition) is 1. The minimum atomic E-state index is 0.713. The maximum absolute atomic E-state index is 6.03. The van der Waals surface area contributed by atoms with Gasteiger partial charge in [-0.2, -0.15) is 0 Å². The molecule has 1 heterocycles. The summed E-state index contributed by atoms with van der Waals surface area (Å²) in [5, 5.41) is 4.81. The normalized spacial score (nSPS) is 15.5. The second kappa shape index (κ2) is 5.35. The fourth-order valence-electron chi connectivity index (χ4n) is 2.37. The molecule has 1 N–H and O–H groups in total. The van der Waals surface area contributed by atoms with Gasteiger partial charge in [0.15, 0.2) is 0 Å². The highest BCUT2D eigenvalue weighted by molar-refractivity contribution is 5.82. The number of nitrogens with one attached hydrogen (secondary N) is 1. The first kappa shape index (κ1) is 12.7. The van der Waals surface area contributed by atoms with Crippen molar-refractivity contribution in [2.45, 2.75) is 38.9 Å². The molecule has 102 valence electrons. The molecule has 3 heteroatoms. The quantitative estimate of drug-likeness (QED) is 0.863. The summed E-state index contributed by atoms with van der Waals surface area (Å²) < 4.78 is 6.03. The minimum Gasteiger partial charge on any atom is -0.459 e. The van der Waals surface area contributed by atoms with E-state index in [2.05, 4.69) is 42.4 Å². The first-order valence-electron chi connectivity index (χ1n) is 7.19. The molecule has 0 saturated heterocycles. The minimum absolute atomic E-state index is 0.713. The fourth-order valence-corrected chi connectivity index (χ4v) is 2.37. The molecular weight excluding hydrogens is 236 g/mol. The Morgan fingerprint density at radius 3 is 2.84 bits per heavy atom. The van der Waals surface area contributed by atoms with Crippen LogP contribution >= 0.6 is 0 Å². The maximum Gasteiger partial charge on any atom is 0.134 e. The predicted octanol–water partition coefficient (Wildman–Crippen LogP) is 3.14. The Kier molecular flexibility index (Phi) is 3.58. The lowest BCUT2D eigenvalue weighted by Crippen LogP contribution is -2.20. The van der Waals surface area contributed by atoms with Gasteiger partial charge >= 0.3 is 0 Å². The van der Waals surface area contributed by atoms with Crippen LogP contribution in [0.25, 0.3) is 11.0 Å². The number of rotatable bonds is 6. The molecule has 1 aromatic heterocycles. The first-order chi connectivity index (χ1) is 9.28. The van der Waals surface area contributed by atoms with Crippen molar-refractivity contribution in [2.24, 2.45) is 0 Å². The van der Waals surface area contributed by atoms with Gasteiger partial charge in [0.2, 0.25) is 0 Å². The SMILES string of the molecule is CCN(C)Cc1c(CNC2CC2)oc2ccccc12. The number of benzene rings is 1. The van der Waals surface area contributed by atoms with Gasteiger partial charge in [-0.25, -0.2) is 0 Å². The van der Waals surface area contributed by atoms with Gasteiger partial charge in [-0.3, -0.25) is 0 Å². The molecule has 1 aliphatic rings. The summed E-state index contributed by atoms with van der Waals surface area (Å²) in [4.78, 5) is 2.32. The summed E-state index contributed by atoms with van der Waals surface area (Å²) in [7, 11) is 2.15. The van der Waals surface area contributed by atoms with Gasteiger partial charge in [-0.05, 0) is 32.5 Å². The molecule has 0 atom stereocenters. The van der Waals surface area contributed by atoms with Gasteiger partial charge in [-0.15, -0.1) is 0 Å². The lowest BCUT2D eigenvalue weighted by Gasteiger charge is -2.14. The number of hydrogen-bond acceptors (Lipinski definition) is 3. The smallest absolute Gasteiger partial charge is 0.134 e. The molecule has 1 aliphatic carbocycles. The van der Waals surface area contributed by atoms with Gasteiger partial charge in [0.05, 0.1) is 6.54 Å². The molecule has 1 saturated carbocycles. The topological polar surface area (TPSA) is 28.4 Å². The molecule has 1 aromatic carbocycles. The third-order valence-electron chi connectivity index (χ3n) is 3.88. The van der Waals surface area contributed by atoms with Crippen LogP contribution in [0, 0.1) is 0 Å². The van der Waals surface area contributed by atoms with Gasteiger partial charge < -0.3 is 14.6 Å². The molecule has 3 rings (SSSR count). The molecule has 0 amide bonds. The Hall–Kier alpha value is -1.32. The fraction of sp³-hybridized carbons (Fsp3) is 0.500. The van der Waals surface area contributed by atoms with E-state index in [-0.39, 0.29) is 0 Å². The number of fused-ring (bicyclic) bond motifs is 1. The number of nitrogens with zero attached hydrogens (tertiary/aromatic N) is 1. The highest BCUT2D eigenvalue weighted by Crippen LogP contribution is 2.28. The molecule has 2 aromatic rings. The third kappa shape index (κ3) is 2.82. The van der Waals surface area contributed by atoms with Crippen LogP contribution < -0.4 is 5.32 Å². The lowest BCUT2D eigenvalue weighted by molar-refractivity contribution is 0.341. The molecule has 19 heavy (non-hydrogen) atoms. The highest BCUT2D eigenvalue weighted by atomic mass is 16.3. The van der Waals surface area contributed by atoms with Crippen molar-refractivity contribution in [1.82, 2.24) is 10.2 Å². The van der Waals surface area contributed by atoms with E-state index in [9.17, 15) is 0 Å². The van der Waals surface area contributed by atoms with Crippen molar-refractivity contribution < 1.29 is 4.42 Å². The number of para-hydroxylation sites is 1. The van der Waals surface area contributed by atoms with E-state index in [1.807, 2.05) is 6.07 Å². The summed E-state index contributed by atoms with van der Waals surface area (Å²) >= 11 is 0. The van der Waals surface area contributed by atoms with E-state index in [0.29, 0.717) is 6.04 Å². The van der Waals surface area contributed by atoms with Gasteiger partial charge in [-0.1, -0.05) is 25.1 Å². The van der Waals surface area contributed by atoms with E-state index >= 15 is 0 Å². The monoisotopic (exact) mass is 258 g/mol. The standard InChI is InChI=1S/C16H22N2O/c1-3-18(2)11-14-13-6-4-5-7-15(13)19-16(14)10-17-12-8-9-12/h4-7,12,17H,3,8-11H2,1-2H3. The molecule has 0 spiro atoms. The van der Waals surface area contributed by atoms with Crippen LogP contribution in [0.5, 0.6) is 0 Å². The van der Waals surface area contributed by atoms with Crippen molar-refractivity contribution in [2.75, 3.05) is 13.6 Å². The van der Waals surface area contributed by atoms with E-state index in [4.69, 9.17) is 4.42 Å². The summed E-state index contributed by atoms with van der Waals surface area (Å²) in [5.41, 5.74) is 2.35. The van der Waals surface area contributed by atoms with Crippen LogP contribution in [-0.4, -0.2) is 24.5 Å². The molecule has 0 aliphatic heterocycles. The summed E-state index contributed by atoms with van der Waals surface area (Å²) in [6.07, 6.45) is 2.62. The van der Waals surface area contributed by atoms with Crippen LogP contribution in [0.3, 0.4) is 0 Å². The maximum atomic E-state index is 6.03. The van der Waals surface area contributed by atoms with Gasteiger partial charge in [0.1, 0.15) is 11.3 Å². The Balaban J connectivity index is 1.90. The van der Waals surface area contributed by atoms with E-state index in [1.165, 1.54) is 23.8 Å². The van der Waals surface area contributed by atoms with E-state index in [0.717, 1.165) is 31.0 Å². The molecule has 3 nitrogen and oxygen atoms in total. The average molecular weight is 258 g/mol. The zero-order valence-corrected chi connectivity index (χ0v) is 11.8. The average Bonchev–Trinajstić information content (AvgIpc) is 3.20. The Bertz CT molecular complexity index is 557. The van der Waals surface area contributed by atoms with Crippen LogP contribution in [0.1, 0.15) is 31.1 Å². The van der Waals surface area contributed by atoms with Crippen LogP contribution in [0.15, 0.2) is 28.7 Å². The predicted molar refractivity (Wildman–Crippen MR) is 78.1 cm³/mol. The highest BCUT2D eigenvalue weighted by Gasteiger charge is 2.22. The molecule has 0 bridgehead atoms. The Morgan fingerprint density at radius 1 is 1.32 bits per heavy atom. The Labute approximate surface area is 114 Å². The molecule has 1 fully saturated rings. The van der Waals surface area contributed by atoms with E-state index in [1.54, 1.807) is 0 Å². The molecule has 0 unspecified atom stereocenters. The lowest BCUT2D eigenvalue weighted by atomic mass is 10.1. The van der Waals surface area contributed by atoms with E-state index < -0.39 is 0 Å². The van der Waals surface area contributed by atoms with Crippen molar-refractivity contribution >= 4 is 11.0 Å². The zero-order chi connectivity index (χ0) is 13.2. The van der Waals surface area contributed by atoms with Crippen LogP contribution in [-0.2, 0) is 13.1 Å². The summed E-state index contributed by atoms with van der Waals surface area (Å²) in [6, 6.07) is 9.07. The van der Waals surface area contributed by atoms with Crippen molar-refractivity contribution in [3.63, 3.8) is 0 Å². The largest absolute Gasteiger partial charge is 0.459 e. The second-order valence-electron chi connectivity index (χ2n) is 5.49. The summed E-state index contributed by atoms with van der Waals surface area (Å²) in [5.74, 6) is 1.10. The van der Waals surface area contributed by atoms with Gasteiger partial charge in [0, 0.05) is 23.5 Å². The number of furan rings is 1.